The van der Waals surface area contributed by atoms with Gasteiger partial charge in [0.05, 0.1) is 18.3 Å². The maximum Gasteiger partial charge on any atom is 0.235 e. The molecule has 2 aliphatic carbocycles. The Morgan fingerprint density at radius 2 is 1.67 bits per heavy atom. The summed E-state index contributed by atoms with van der Waals surface area (Å²) in [6.07, 6.45) is 5.71. The lowest BCUT2D eigenvalue weighted by atomic mass is 9.56. The molecule has 3 saturated heterocycles. The quantitative estimate of drug-likeness (QED) is 0.116. The number of amides is 1. The highest BCUT2D eigenvalue weighted by Gasteiger charge is 2.54. The van der Waals surface area contributed by atoms with E-state index in [1.807, 2.05) is 6.92 Å². The number of hydrogen-bond donors (Lipinski definition) is 5. The summed E-state index contributed by atoms with van der Waals surface area (Å²) in [6, 6.07) is 4.60. The third-order valence-electron chi connectivity index (χ3n) is 12.3. The molecule has 13 atom stereocenters. The van der Waals surface area contributed by atoms with E-state index < -0.39 is 35.4 Å². The number of hydrogen-bond acceptors (Lipinski definition) is 8. The van der Waals surface area contributed by atoms with E-state index in [2.05, 4.69) is 39.1 Å². The largest absolute Gasteiger partial charge is 0.510 e. The van der Waals surface area contributed by atoms with Gasteiger partial charge in [0.2, 0.25) is 5.91 Å². The Kier molecular flexibility index (Phi) is 8.83. The van der Waals surface area contributed by atoms with Gasteiger partial charge >= 0.3 is 0 Å². The Morgan fingerprint density at radius 3 is 2.33 bits per heavy atom. The molecule has 46 heavy (non-hydrogen) atoms. The zero-order valence-corrected chi connectivity index (χ0v) is 27.9. The van der Waals surface area contributed by atoms with Crippen LogP contribution in [0.5, 0.6) is 11.5 Å². The van der Waals surface area contributed by atoms with Gasteiger partial charge in [-0.05, 0) is 99.2 Å². The average Bonchev–Trinajstić information content (AvgIpc) is 3.25. The van der Waals surface area contributed by atoms with Gasteiger partial charge in [0.15, 0.2) is 11.6 Å². The van der Waals surface area contributed by atoms with E-state index in [0.717, 1.165) is 24.8 Å². The van der Waals surface area contributed by atoms with Crippen molar-refractivity contribution in [3.8, 4) is 11.5 Å². The number of Topliss-reactive ketones (excluding diaryl/α,β-unsaturated/α-hetero) is 1. The molecule has 0 aromatic heterocycles. The molecule has 1 saturated carbocycles. The number of fused-ring (bicyclic) bond motifs is 1. The van der Waals surface area contributed by atoms with Crippen LogP contribution in [0.25, 0.3) is 0 Å². The lowest BCUT2D eigenvalue weighted by Gasteiger charge is -2.54. The van der Waals surface area contributed by atoms with Gasteiger partial charge in [0, 0.05) is 24.3 Å². The average molecular weight is 638 g/mol. The predicted octanol–water partition coefficient (Wildman–Crippen LogP) is 6.05. The minimum absolute atomic E-state index is 0.00211. The molecule has 1 aromatic rings. The van der Waals surface area contributed by atoms with Gasteiger partial charge < -0.3 is 35.2 Å². The highest BCUT2D eigenvalue weighted by Crippen LogP contribution is 2.55. The number of carbonyl (C=O) groups excluding carboxylic acids is 2. The van der Waals surface area contributed by atoms with Gasteiger partial charge in [-0.3, -0.25) is 9.59 Å². The molecule has 3 heterocycles. The number of ketones is 1. The zero-order valence-electron chi connectivity index (χ0n) is 27.9. The number of phenolic OH excluding ortho intramolecular Hbond substituents is 2. The van der Waals surface area contributed by atoms with Crippen molar-refractivity contribution in [1.82, 2.24) is 5.32 Å². The summed E-state index contributed by atoms with van der Waals surface area (Å²) in [5.74, 6) is -2.89. The Labute approximate surface area is 272 Å². The molecule has 13 unspecified atom stereocenters. The fraction of sp³-hybridized carbons (Fsp3) is 0.676. The summed E-state index contributed by atoms with van der Waals surface area (Å²) in [7, 11) is 0. The number of allylic oxidation sites excluding steroid dienone is 4. The molecule has 0 bridgehead atoms. The summed E-state index contributed by atoms with van der Waals surface area (Å²) < 4.78 is 14.0. The third kappa shape index (κ3) is 5.66. The van der Waals surface area contributed by atoms with Crippen molar-refractivity contribution in [2.45, 2.75) is 104 Å². The second kappa shape index (κ2) is 12.3. The van der Waals surface area contributed by atoms with E-state index >= 15 is 0 Å². The van der Waals surface area contributed by atoms with Gasteiger partial charge in [-0.2, -0.15) is 0 Å². The number of ether oxygens (including phenoxy) is 2. The molecular formula is C37H51NO8. The molecule has 1 spiro atoms. The minimum atomic E-state index is -0.862. The number of nitrogens with one attached hydrogen (secondary N) is 1. The van der Waals surface area contributed by atoms with Crippen LogP contribution in [0.15, 0.2) is 41.3 Å². The summed E-state index contributed by atoms with van der Waals surface area (Å²) in [5.41, 5.74) is 1.84. The second-order valence-corrected chi connectivity index (χ2v) is 15.3. The monoisotopic (exact) mass is 637 g/mol. The summed E-state index contributed by atoms with van der Waals surface area (Å²) in [4.78, 5) is 25.6. The van der Waals surface area contributed by atoms with Crippen molar-refractivity contribution < 1.29 is 39.5 Å². The number of aromatic hydroxyl groups is 2. The van der Waals surface area contributed by atoms with E-state index in [9.17, 15) is 30.0 Å². The number of phenols is 2. The molecule has 6 rings (SSSR count). The first-order valence-corrected chi connectivity index (χ1v) is 17.2. The Balaban J connectivity index is 1.34. The SMILES string of the molecule is CC1=CC2CCC(O)C(C)C2C(/C(O)=C2\NC(=O)C(C)C2=O)C1CC1OC2(CCC(C)C(c3cc(O)cc(O)c3)O2)C(C)CC1C. The van der Waals surface area contributed by atoms with E-state index in [0.29, 0.717) is 24.8 Å². The Bertz CT molecular complexity index is 1420. The van der Waals surface area contributed by atoms with Crippen molar-refractivity contribution in [3.05, 3.63) is 46.9 Å². The zero-order chi connectivity index (χ0) is 33.2. The number of rotatable bonds is 4. The molecule has 252 valence electrons. The van der Waals surface area contributed by atoms with Crippen LogP contribution < -0.4 is 5.32 Å². The maximum atomic E-state index is 13.2. The number of aliphatic hydroxyl groups is 2. The highest BCUT2D eigenvalue weighted by atomic mass is 16.7. The third-order valence-corrected chi connectivity index (χ3v) is 12.3. The van der Waals surface area contributed by atoms with Gasteiger partial charge in [-0.25, -0.2) is 0 Å². The number of carbonyl (C=O) groups is 2. The first-order chi connectivity index (χ1) is 21.7. The smallest absolute Gasteiger partial charge is 0.235 e. The van der Waals surface area contributed by atoms with Crippen molar-refractivity contribution in [2.24, 2.45) is 53.3 Å². The van der Waals surface area contributed by atoms with Crippen molar-refractivity contribution in [3.63, 3.8) is 0 Å². The highest BCUT2D eigenvalue weighted by molar-refractivity contribution is 6.17. The molecule has 1 aromatic carbocycles. The number of benzene rings is 1. The summed E-state index contributed by atoms with van der Waals surface area (Å²) >= 11 is 0. The summed E-state index contributed by atoms with van der Waals surface area (Å²) in [6.45, 7) is 12.2. The normalized spacial score (nSPS) is 44.0. The van der Waals surface area contributed by atoms with Gasteiger partial charge in [-0.15, -0.1) is 0 Å². The Morgan fingerprint density at radius 1 is 0.978 bits per heavy atom. The lowest BCUT2D eigenvalue weighted by molar-refractivity contribution is -0.356. The molecule has 9 heteroatoms. The molecule has 3 aliphatic heterocycles. The van der Waals surface area contributed by atoms with Crippen LogP contribution in [0.4, 0.5) is 0 Å². The van der Waals surface area contributed by atoms with Crippen LogP contribution >= 0.6 is 0 Å². The molecule has 5 aliphatic rings. The lowest BCUT2D eigenvalue weighted by Crippen LogP contribution is -2.55. The first-order valence-electron chi connectivity index (χ1n) is 17.2. The minimum Gasteiger partial charge on any atom is -0.510 e. The fourth-order valence-electron chi connectivity index (χ4n) is 9.46. The van der Waals surface area contributed by atoms with Crippen LogP contribution in [0, 0.1) is 53.3 Å². The molecule has 9 nitrogen and oxygen atoms in total. The molecule has 0 radical (unpaired) electrons. The van der Waals surface area contributed by atoms with Crippen LogP contribution in [0.2, 0.25) is 0 Å². The summed E-state index contributed by atoms with van der Waals surface area (Å²) in [5, 5.41) is 46.1. The van der Waals surface area contributed by atoms with E-state index in [1.165, 1.54) is 6.07 Å². The Hall–Kier alpha value is -2.88. The maximum absolute atomic E-state index is 13.2. The standard InChI is InChI=1S/C37H51NO8/c1-17-9-10-37(46-35(17)24-13-25(39)15-26(40)14-24)20(4)11-19(3)29(45-37)16-27-18(2)12-23-7-8-28(41)21(5)30(23)31(27)34(43)32-33(42)22(6)36(44)38-32/h12-15,17,19-23,27-31,35,39-41,43H,7-11,16H2,1-6H3,(H,38,44)/b34-32+. The fourth-order valence-corrected chi connectivity index (χ4v) is 9.46. The molecule has 1 amide bonds. The van der Waals surface area contributed by atoms with Crippen LogP contribution in [0.3, 0.4) is 0 Å². The van der Waals surface area contributed by atoms with E-state index in [4.69, 9.17) is 9.47 Å². The van der Waals surface area contributed by atoms with Crippen molar-refractivity contribution in [1.29, 1.82) is 0 Å². The molecule has 5 N–H and O–H groups in total. The molecule has 4 fully saturated rings. The second-order valence-electron chi connectivity index (χ2n) is 15.3. The van der Waals surface area contributed by atoms with Gasteiger partial charge in [0.25, 0.3) is 0 Å². The molecular weight excluding hydrogens is 586 g/mol. The van der Waals surface area contributed by atoms with Crippen molar-refractivity contribution >= 4 is 11.7 Å². The van der Waals surface area contributed by atoms with Crippen LogP contribution in [-0.2, 0) is 19.1 Å². The number of aliphatic hydroxyl groups excluding tert-OH is 2. The van der Waals surface area contributed by atoms with Crippen LogP contribution in [-0.4, -0.2) is 50.1 Å². The topological polar surface area (TPSA) is 146 Å². The van der Waals surface area contributed by atoms with Gasteiger partial charge in [0.1, 0.15) is 28.9 Å². The van der Waals surface area contributed by atoms with Gasteiger partial charge in [-0.1, -0.05) is 39.3 Å². The van der Waals surface area contributed by atoms with Crippen molar-refractivity contribution in [2.75, 3.05) is 0 Å². The van der Waals surface area contributed by atoms with E-state index in [-0.39, 0.29) is 76.6 Å². The van der Waals surface area contributed by atoms with E-state index in [1.54, 1.807) is 19.1 Å². The first kappa shape index (κ1) is 33.0. The predicted molar refractivity (Wildman–Crippen MR) is 171 cm³/mol. The van der Waals surface area contributed by atoms with Crippen LogP contribution in [0.1, 0.15) is 91.7 Å².